The van der Waals surface area contributed by atoms with Crippen LogP contribution >= 0.6 is 23.5 Å². The van der Waals surface area contributed by atoms with Gasteiger partial charge in [0.2, 0.25) is 0 Å². The van der Waals surface area contributed by atoms with E-state index >= 15 is 0 Å². The number of rotatable bonds is 1. The Bertz CT molecular complexity index is 108. The molecule has 1 saturated heterocycles. The molecule has 0 aromatic heterocycles. The summed E-state index contributed by atoms with van der Waals surface area (Å²) >= 11 is 4.42. The first kappa shape index (κ1) is 9.26. The lowest BCUT2D eigenvalue weighted by atomic mass is 9.87. The molecular weight excluding hydrogens is 184 g/mol. The van der Waals surface area contributed by atoms with E-state index in [0.29, 0.717) is 0 Å². The molecule has 2 aliphatic rings. The lowest BCUT2D eigenvalue weighted by Crippen LogP contribution is -2.25. The zero-order valence-corrected chi connectivity index (χ0v) is 9.26. The molecule has 1 atom stereocenters. The molecule has 0 bridgehead atoms. The van der Waals surface area contributed by atoms with Crippen molar-refractivity contribution >= 4 is 23.5 Å². The third kappa shape index (κ3) is 2.35. The molecule has 70 valence electrons. The smallest absolute Gasteiger partial charge is 0.0166 e. The van der Waals surface area contributed by atoms with E-state index in [9.17, 15) is 0 Å². The molecule has 2 heteroatoms. The van der Waals surface area contributed by atoms with Crippen LogP contribution < -0.4 is 0 Å². The van der Waals surface area contributed by atoms with Crippen molar-refractivity contribution in [3.63, 3.8) is 0 Å². The molecule has 0 aromatic carbocycles. The van der Waals surface area contributed by atoms with E-state index in [1.54, 1.807) is 0 Å². The highest BCUT2D eigenvalue weighted by molar-refractivity contribution is 8.06. The Morgan fingerprint density at radius 3 is 2.42 bits per heavy atom. The van der Waals surface area contributed by atoms with Crippen molar-refractivity contribution in [1.29, 1.82) is 0 Å². The Morgan fingerprint density at radius 2 is 1.75 bits per heavy atom. The molecule has 1 unspecified atom stereocenters. The summed E-state index contributed by atoms with van der Waals surface area (Å²) in [7, 11) is 0. The first-order valence-electron chi connectivity index (χ1n) is 5.16. The van der Waals surface area contributed by atoms with Gasteiger partial charge in [-0.1, -0.05) is 19.3 Å². The second-order valence-corrected chi connectivity index (χ2v) is 6.38. The summed E-state index contributed by atoms with van der Waals surface area (Å²) in [6.07, 6.45) is 7.57. The van der Waals surface area contributed by atoms with Gasteiger partial charge in [-0.2, -0.15) is 23.5 Å². The second kappa shape index (κ2) is 4.80. The fourth-order valence-electron chi connectivity index (χ4n) is 2.28. The third-order valence-corrected chi connectivity index (χ3v) is 5.99. The van der Waals surface area contributed by atoms with E-state index in [1.807, 2.05) is 0 Å². The largest absolute Gasteiger partial charge is 0.160 e. The maximum atomic E-state index is 2.25. The van der Waals surface area contributed by atoms with Crippen LogP contribution in [-0.4, -0.2) is 22.5 Å². The average molecular weight is 202 g/mol. The Kier molecular flexibility index (Phi) is 3.71. The van der Waals surface area contributed by atoms with Crippen LogP contribution in [0.4, 0.5) is 0 Å². The normalized spacial score (nSPS) is 33.5. The van der Waals surface area contributed by atoms with E-state index in [-0.39, 0.29) is 0 Å². The molecule has 0 N–H and O–H groups in total. The van der Waals surface area contributed by atoms with Gasteiger partial charge in [-0.15, -0.1) is 0 Å². The topological polar surface area (TPSA) is 0 Å². The maximum Gasteiger partial charge on any atom is 0.0166 e. The molecule has 1 aliphatic carbocycles. The summed E-state index contributed by atoms with van der Waals surface area (Å²) in [6.45, 7) is 0. The van der Waals surface area contributed by atoms with Crippen LogP contribution in [0.3, 0.4) is 0 Å². The van der Waals surface area contributed by atoms with Crippen LogP contribution in [0.1, 0.15) is 32.1 Å². The molecule has 2 rings (SSSR count). The quantitative estimate of drug-likeness (QED) is 0.639. The molecule has 0 aromatic rings. The van der Waals surface area contributed by atoms with Gasteiger partial charge in [0.05, 0.1) is 0 Å². The Hall–Kier alpha value is 0.700. The van der Waals surface area contributed by atoms with Gasteiger partial charge < -0.3 is 0 Å². The summed E-state index contributed by atoms with van der Waals surface area (Å²) in [5.41, 5.74) is 0. The van der Waals surface area contributed by atoms with Gasteiger partial charge in [-0.3, -0.25) is 0 Å². The molecule has 12 heavy (non-hydrogen) atoms. The molecule has 2 fully saturated rings. The molecule has 1 saturated carbocycles. The zero-order chi connectivity index (χ0) is 8.23. The van der Waals surface area contributed by atoms with E-state index in [4.69, 9.17) is 0 Å². The van der Waals surface area contributed by atoms with E-state index in [1.165, 1.54) is 49.4 Å². The van der Waals surface area contributed by atoms with Gasteiger partial charge >= 0.3 is 0 Å². The van der Waals surface area contributed by atoms with Crippen molar-refractivity contribution in [3.05, 3.63) is 0 Å². The molecular formula is C10H18S2. The number of thioether (sulfide) groups is 2. The summed E-state index contributed by atoms with van der Waals surface area (Å²) in [5.74, 6) is 5.33. The van der Waals surface area contributed by atoms with Crippen molar-refractivity contribution < 1.29 is 0 Å². The minimum atomic E-state index is 1.02. The fourth-order valence-corrected chi connectivity index (χ4v) is 5.33. The summed E-state index contributed by atoms with van der Waals surface area (Å²) in [5, 5.41) is 1.02. The van der Waals surface area contributed by atoms with Gasteiger partial charge in [-0.05, 0) is 18.8 Å². The van der Waals surface area contributed by atoms with Gasteiger partial charge in [0.1, 0.15) is 0 Å². The molecule has 0 radical (unpaired) electrons. The lowest BCUT2D eigenvalue weighted by Gasteiger charge is -2.32. The van der Waals surface area contributed by atoms with E-state index in [0.717, 1.165) is 11.2 Å². The minimum Gasteiger partial charge on any atom is -0.160 e. The summed E-state index contributed by atoms with van der Waals surface area (Å²) in [6, 6.07) is 0. The predicted molar refractivity (Wildman–Crippen MR) is 60.1 cm³/mol. The molecule has 0 nitrogen and oxygen atoms in total. The lowest BCUT2D eigenvalue weighted by molar-refractivity contribution is 0.358. The molecule has 0 amide bonds. The Balaban J connectivity index is 1.80. The third-order valence-electron chi connectivity index (χ3n) is 3.02. The summed E-state index contributed by atoms with van der Waals surface area (Å²) in [4.78, 5) is 0. The van der Waals surface area contributed by atoms with Gasteiger partial charge in [0.15, 0.2) is 0 Å². The average Bonchev–Trinajstić information content (AvgIpc) is 2.21. The van der Waals surface area contributed by atoms with Crippen LogP contribution in [-0.2, 0) is 0 Å². The van der Waals surface area contributed by atoms with Crippen LogP contribution in [0.2, 0.25) is 0 Å². The first-order chi connectivity index (χ1) is 5.97. The predicted octanol–water partition coefficient (Wildman–Crippen LogP) is 3.42. The fraction of sp³-hybridized carbons (Fsp3) is 1.00. The van der Waals surface area contributed by atoms with Crippen molar-refractivity contribution in [2.45, 2.75) is 37.4 Å². The first-order valence-corrected chi connectivity index (χ1v) is 7.36. The van der Waals surface area contributed by atoms with Crippen LogP contribution in [0, 0.1) is 5.92 Å². The van der Waals surface area contributed by atoms with Crippen molar-refractivity contribution in [3.8, 4) is 0 Å². The Morgan fingerprint density at radius 1 is 0.917 bits per heavy atom. The van der Waals surface area contributed by atoms with Crippen molar-refractivity contribution in [2.75, 3.05) is 17.3 Å². The van der Waals surface area contributed by atoms with Crippen molar-refractivity contribution in [1.82, 2.24) is 0 Å². The standard InChI is InChI=1S/C10H18S2/c1-2-4-9(5-3-1)10-8-11-6-7-12-10/h9-10H,1-8H2. The minimum absolute atomic E-state index is 1.02. The highest BCUT2D eigenvalue weighted by atomic mass is 32.2. The number of hydrogen-bond donors (Lipinski definition) is 0. The molecule has 1 heterocycles. The zero-order valence-electron chi connectivity index (χ0n) is 7.63. The molecule has 0 spiro atoms. The van der Waals surface area contributed by atoms with Crippen LogP contribution in [0.5, 0.6) is 0 Å². The molecule has 1 aliphatic heterocycles. The van der Waals surface area contributed by atoms with E-state index < -0.39 is 0 Å². The van der Waals surface area contributed by atoms with Crippen LogP contribution in [0.25, 0.3) is 0 Å². The van der Waals surface area contributed by atoms with E-state index in [2.05, 4.69) is 23.5 Å². The van der Waals surface area contributed by atoms with Gasteiger partial charge in [0, 0.05) is 22.5 Å². The SMILES string of the molecule is C1CCC(C2CSCCS2)CC1. The highest BCUT2D eigenvalue weighted by Crippen LogP contribution is 2.36. The highest BCUT2D eigenvalue weighted by Gasteiger charge is 2.25. The van der Waals surface area contributed by atoms with Crippen molar-refractivity contribution in [2.24, 2.45) is 5.92 Å². The number of hydrogen-bond acceptors (Lipinski definition) is 2. The maximum absolute atomic E-state index is 2.25. The second-order valence-electron chi connectivity index (χ2n) is 3.88. The van der Waals surface area contributed by atoms with Gasteiger partial charge in [0.25, 0.3) is 0 Å². The monoisotopic (exact) mass is 202 g/mol. The van der Waals surface area contributed by atoms with Gasteiger partial charge in [-0.25, -0.2) is 0 Å². The summed E-state index contributed by atoms with van der Waals surface area (Å²) < 4.78 is 0. The Labute approximate surface area is 84.3 Å². The van der Waals surface area contributed by atoms with Crippen LogP contribution in [0.15, 0.2) is 0 Å².